The summed E-state index contributed by atoms with van der Waals surface area (Å²) >= 11 is 0. The standard InChI is InChI=1S/C24H20N4/c1-3-28-20-15-14-19-21(24(20)26-27-28)16(2)22(17-10-6-4-7-11-17)25-23(19)18-12-8-5-9-13-18/h4-15H,3H2,1-2H3. The van der Waals surface area contributed by atoms with Crippen molar-refractivity contribution in [1.29, 1.82) is 0 Å². The molecule has 0 aliphatic rings. The third-order valence-electron chi connectivity index (χ3n) is 5.29. The first-order valence-electron chi connectivity index (χ1n) is 9.55. The van der Waals surface area contributed by atoms with E-state index in [1.54, 1.807) is 0 Å². The Bertz CT molecular complexity index is 1290. The lowest BCUT2D eigenvalue weighted by Crippen LogP contribution is -1.97. The molecule has 136 valence electrons. The minimum absolute atomic E-state index is 0.795. The van der Waals surface area contributed by atoms with E-state index in [1.165, 1.54) is 0 Å². The molecule has 3 aromatic carbocycles. The van der Waals surface area contributed by atoms with Crippen molar-refractivity contribution in [2.75, 3.05) is 0 Å². The normalized spacial score (nSPS) is 11.4. The monoisotopic (exact) mass is 364 g/mol. The first kappa shape index (κ1) is 16.6. The van der Waals surface area contributed by atoms with Crippen molar-refractivity contribution >= 4 is 21.8 Å². The minimum atomic E-state index is 0.795. The van der Waals surface area contributed by atoms with Gasteiger partial charge in [-0.05, 0) is 31.5 Å². The van der Waals surface area contributed by atoms with Crippen molar-refractivity contribution < 1.29 is 0 Å². The summed E-state index contributed by atoms with van der Waals surface area (Å²) in [4.78, 5) is 5.12. The summed E-state index contributed by atoms with van der Waals surface area (Å²) in [7, 11) is 0. The molecule has 0 spiro atoms. The topological polar surface area (TPSA) is 43.6 Å². The van der Waals surface area contributed by atoms with Crippen LogP contribution in [0.2, 0.25) is 0 Å². The summed E-state index contributed by atoms with van der Waals surface area (Å²) in [5.74, 6) is 0. The van der Waals surface area contributed by atoms with Crippen LogP contribution in [0.4, 0.5) is 0 Å². The number of aromatic nitrogens is 4. The van der Waals surface area contributed by atoms with E-state index in [4.69, 9.17) is 4.98 Å². The van der Waals surface area contributed by atoms with Crippen LogP contribution in [0.5, 0.6) is 0 Å². The first-order valence-corrected chi connectivity index (χ1v) is 9.55. The van der Waals surface area contributed by atoms with Crippen molar-refractivity contribution in [1.82, 2.24) is 20.0 Å². The molecule has 0 aliphatic heterocycles. The van der Waals surface area contributed by atoms with Gasteiger partial charge in [-0.1, -0.05) is 65.9 Å². The molecule has 5 rings (SSSR count). The van der Waals surface area contributed by atoms with Gasteiger partial charge in [0.1, 0.15) is 5.52 Å². The maximum atomic E-state index is 5.12. The van der Waals surface area contributed by atoms with Crippen LogP contribution < -0.4 is 0 Å². The lowest BCUT2D eigenvalue weighted by atomic mass is 9.95. The van der Waals surface area contributed by atoms with Crippen molar-refractivity contribution in [3.05, 3.63) is 78.4 Å². The third kappa shape index (κ3) is 2.49. The maximum Gasteiger partial charge on any atom is 0.121 e. The van der Waals surface area contributed by atoms with Gasteiger partial charge < -0.3 is 0 Å². The van der Waals surface area contributed by atoms with Crippen LogP contribution in [0.3, 0.4) is 0 Å². The Balaban J connectivity index is 1.95. The highest BCUT2D eigenvalue weighted by molar-refractivity contribution is 6.11. The van der Waals surface area contributed by atoms with Gasteiger partial charge >= 0.3 is 0 Å². The molecule has 0 atom stereocenters. The molecule has 28 heavy (non-hydrogen) atoms. The second-order valence-corrected chi connectivity index (χ2v) is 6.93. The van der Waals surface area contributed by atoms with Gasteiger partial charge in [0.2, 0.25) is 0 Å². The van der Waals surface area contributed by atoms with E-state index in [9.17, 15) is 0 Å². The molecule has 4 nitrogen and oxygen atoms in total. The Hall–Kier alpha value is -3.53. The Morgan fingerprint density at radius 2 is 1.43 bits per heavy atom. The maximum absolute atomic E-state index is 5.12. The fourth-order valence-corrected chi connectivity index (χ4v) is 3.91. The number of hydrogen-bond acceptors (Lipinski definition) is 3. The molecule has 0 bridgehead atoms. The second-order valence-electron chi connectivity index (χ2n) is 6.93. The summed E-state index contributed by atoms with van der Waals surface area (Å²) in [5.41, 5.74) is 7.31. The van der Waals surface area contributed by atoms with E-state index in [1.807, 2.05) is 16.8 Å². The zero-order chi connectivity index (χ0) is 19.1. The van der Waals surface area contributed by atoms with E-state index in [0.29, 0.717) is 0 Å². The zero-order valence-corrected chi connectivity index (χ0v) is 15.9. The Kier molecular flexibility index (Phi) is 3.90. The summed E-state index contributed by atoms with van der Waals surface area (Å²) in [6.07, 6.45) is 0. The fourth-order valence-electron chi connectivity index (χ4n) is 3.91. The van der Waals surface area contributed by atoms with Gasteiger partial charge in [-0.15, -0.1) is 5.10 Å². The number of benzene rings is 3. The Labute approximate surface area is 163 Å². The van der Waals surface area contributed by atoms with E-state index in [-0.39, 0.29) is 0 Å². The van der Waals surface area contributed by atoms with Gasteiger partial charge in [0.05, 0.1) is 16.9 Å². The van der Waals surface area contributed by atoms with Crippen LogP contribution >= 0.6 is 0 Å². The van der Waals surface area contributed by atoms with Crippen LogP contribution in [0, 0.1) is 6.92 Å². The molecule has 4 heteroatoms. The van der Waals surface area contributed by atoms with Gasteiger partial charge in [-0.3, -0.25) is 0 Å². The molecule has 0 aliphatic carbocycles. The highest BCUT2D eigenvalue weighted by Gasteiger charge is 2.18. The average molecular weight is 364 g/mol. The van der Waals surface area contributed by atoms with E-state index in [0.717, 1.165) is 56.4 Å². The Morgan fingerprint density at radius 1 is 0.786 bits per heavy atom. The highest BCUT2D eigenvalue weighted by atomic mass is 15.4. The van der Waals surface area contributed by atoms with Gasteiger partial charge in [0, 0.05) is 28.4 Å². The summed E-state index contributed by atoms with van der Waals surface area (Å²) in [5, 5.41) is 11.1. The molecule has 0 saturated carbocycles. The van der Waals surface area contributed by atoms with Gasteiger partial charge in [0.25, 0.3) is 0 Å². The lowest BCUT2D eigenvalue weighted by Gasteiger charge is -2.14. The fraction of sp³-hybridized carbons (Fsp3) is 0.125. The minimum Gasteiger partial charge on any atom is -0.247 e. The number of fused-ring (bicyclic) bond motifs is 3. The van der Waals surface area contributed by atoms with Crippen LogP contribution in [0.15, 0.2) is 72.8 Å². The summed E-state index contributed by atoms with van der Waals surface area (Å²) in [6, 6.07) is 25.0. The molecular weight excluding hydrogens is 344 g/mol. The number of nitrogens with zero attached hydrogens (tertiary/aromatic N) is 4. The number of pyridine rings is 1. The molecule has 0 N–H and O–H groups in total. The van der Waals surface area contributed by atoms with Gasteiger partial charge in [0.15, 0.2) is 0 Å². The summed E-state index contributed by atoms with van der Waals surface area (Å²) in [6.45, 7) is 5.02. The molecule has 0 unspecified atom stereocenters. The number of hydrogen-bond donors (Lipinski definition) is 0. The van der Waals surface area contributed by atoms with E-state index >= 15 is 0 Å². The predicted molar refractivity (Wildman–Crippen MR) is 114 cm³/mol. The van der Waals surface area contributed by atoms with Crippen molar-refractivity contribution in [3.63, 3.8) is 0 Å². The van der Waals surface area contributed by atoms with Crippen LogP contribution in [0.25, 0.3) is 44.3 Å². The molecule has 2 heterocycles. The summed E-state index contributed by atoms with van der Waals surface area (Å²) < 4.78 is 1.94. The van der Waals surface area contributed by atoms with Crippen molar-refractivity contribution in [2.45, 2.75) is 20.4 Å². The smallest absolute Gasteiger partial charge is 0.121 e. The van der Waals surface area contributed by atoms with E-state index in [2.05, 4.69) is 84.8 Å². The third-order valence-corrected chi connectivity index (χ3v) is 5.29. The van der Waals surface area contributed by atoms with Gasteiger partial charge in [-0.2, -0.15) is 0 Å². The second kappa shape index (κ2) is 6.57. The van der Waals surface area contributed by atoms with Crippen molar-refractivity contribution in [2.24, 2.45) is 0 Å². The van der Waals surface area contributed by atoms with Crippen LogP contribution in [-0.2, 0) is 6.54 Å². The SMILES string of the molecule is CCn1nnc2c3c(C)c(-c4ccccc4)nc(-c4ccccc4)c3ccc21. The van der Waals surface area contributed by atoms with E-state index < -0.39 is 0 Å². The molecule has 5 aromatic rings. The predicted octanol–water partition coefficient (Wildman–Crippen LogP) is 5.64. The first-order chi connectivity index (χ1) is 13.8. The highest BCUT2D eigenvalue weighted by Crippen LogP contribution is 2.37. The van der Waals surface area contributed by atoms with Crippen LogP contribution in [-0.4, -0.2) is 20.0 Å². The van der Waals surface area contributed by atoms with Crippen molar-refractivity contribution in [3.8, 4) is 22.5 Å². The quantitative estimate of drug-likeness (QED) is 0.416. The average Bonchev–Trinajstić information content (AvgIpc) is 3.18. The molecule has 2 aromatic heterocycles. The van der Waals surface area contributed by atoms with Gasteiger partial charge in [-0.25, -0.2) is 9.67 Å². The number of aryl methyl sites for hydroxylation is 2. The molecule has 0 radical (unpaired) electrons. The molecular formula is C24H20N4. The number of rotatable bonds is 3. The lowest BCUT2D eigenvalue weighted by molar-refractivity contribution is 0.646. The molecule has 0 amide bonds. The van der Waals surface area contributed by atoms with Crippen LogP contribution in [0.1, 0.15) is 12.5 Å². The largest absolute Gasteiger partial charge is 0.247 e. The molecule has 0 saturated heterocycles. The zero-order valence-electron chi connectivity index (χ0n) is 15.9. The Morgan fingerprint density at radius 3 is 2.07 bits per heavy atom. The molecule has 0 fully saturated rings.